The van der Waals surface area contributed by atoms with E-state index in [9.17, 15) is 4.79 Å². The second kappa shape index (κ2) is 5.07. The lowest BCUT2D eigenvalue weighted by molar-refractivity contribution is -0.124. The Labute approximate surface area is 94.4 Å². The van der Waals surface area contributed by atoms with Crippen molar-refractivity contribution in [3.05, 3.63) is 12.2 Å². The lowest BCUT2D eigenvalue weighted by Crippen LogP contribution is -2.33. The maximum absolute atomic E-state index is 11.7. The van der Waals surface area contributed by atoms with Crippen molar-refractivity contribution in [3.63, 3.8) is 0 Å². The number of carbonyl (C=O) groups excluding carboxylic acids is 1. The minimum absolute atomic E-state index is 0.138. The topological polar surface area (TPSA) is 71.8 Å². The number of hydrogen-bond donors (Lipinski definition) is 2. The van der Waals surface area contributed by atoms with Gasteiger partial charge in [-0.2, -0.15) is 0 Å². The van der Waals surface area contributed by atoms with Crippen molar-refractivity contribution in [1.29, 1.82) is 0 Å². The maximum Gasteiger partial charge on any atom is 0.224 e. The van der Waals surface area contributed by atoms with Crippen LogP contribution >= 0.6 is 0 Å². The molecule has 1 atom stereocenters. The molecule has 2 N–H and O–H groups in total. The lowest BCUT2D eigenvalue weighted by Gasteiger charge is -2.09. The highest BCUT2D eigenvalue weighted by Crippen LogP contribution is 2.06. The summed E-state index contributed by atoms with van der Waals surface area (Å²) in [4.78, 5) is 11.7. The number of hydrogen-bond acceptors (Lipinski definition) is 4. The van der Waals surface area contributed by atoms with E-state index >= 15 is 0 Å². The zero-order valence-corrected chi connectivity index (χ0v) is 9.44. The summed E-state index contributed by atoms with van der Waals surface area (Å²) in [5, 5.41) is 13.9. The first kappa shape index (κ1) is 11.1. The molecular formula is C10H17N5O. The molecular weight excluding hydrogens is 206 g/mol. The van der Waals surface area contributed by atoms with E-state index in [0.29, 0.717) is 6.54 Å². The Balaban J connectivity index is 1.71. The van der Waals surface area contributed by atoms with E-state index in [1.165, 1.54) is 0 Å². The highest BCUT2D eigenvalue weighted by molar-refractivity contribution is 5.79. The summed E-state index contributed by atoms with van der Waals surface area (Å²) in [5.74, 6) is 1.18. The quantitative estimate of drug-likeness (QED) is 0.692. The second-order valence-electron chi connectivity index (χ2n) is 4.09. The van der Waals surface area contributed by atoms with Crippen LogP contribution in [0.15, 0.2) is 6.33 Å². The molecule has 0 spiro atoms. The molecule has 2 heterocycles. The molecule has 1 fully saturated rings. The number of nitrogens with zero attached hydrogens (tertiary/aromatic N) is 3. The minimum Gasteiger partial charge on any atom is -0.355 e. The number of nitrogens with one attached hydrogen (secondary N) is 2. The molecule has 2 rings (SSSR count). The van der Waals surface area contributed by atoms with Crippen LogP contribution in [0.1, 0.15) is 12.2 Å². The molecule has 6 nitrogen and oxygen atoms in total. The summed E-state index contributed by atoms with van der Waals surface area (Å²) in [6.45, 7) is 2.37. The Morgan fingerprint density at radius 2 is 2.62 bits per heavy atom. The van der Waals surface area contributed by atoms with Crippen LogP contribution in [0.25, 0.3) is 0 Å². The van der Waals surface area contributed by atoms with Crippen molar-refractivity contribution in [2.45, 2.75) is 12.8 Å². The fourth-order valence-electron chi connectivity index (χ4n) is 1.85. The van der Waals surface area contributed by atoms with Crippen molar-refractivity contribution >= 4 is 5.91 Å². The van der Waals surface area contributed by atoms with Gasteiger partial charge in [-0.15, -0.1) is 10.2 Å². The Morgan fingerprint density at radius 3 is 3.25 bits per heavy atom. The Bertz CT molecular complexity index is 356. The van der Waals surface area contributed by atoms with Gasteiger partial charge in [0.1, 0.15) is 12.2 Å². The summed E-state index contributed by atoms with van der Waals surface area (Å²) in [7, 11) is 1.90. The van der Waals surface area contributed by atoms with Crippen LogP contribution in [0, 0.1) is 5.92 Å². The number of rotatable bonds is 4. The first-order chi connectivity index (χ1) is 7.77. The Hall–Kier alpha value is -1.43. The molecule has 1 aliphatic heterocycles. The molecule has 1 unspecified atom stereocenters. The van der Waals surface area contributed by atoms with Gasteiger partial charge in [-0.05, 0) is 13.0 Å². The molecule has 1 aromatic rings. The molecule has 0 radical (unpaired) electrons. The molecule has 1 aliphatic rings. The predicted octanol–water partition coefficient (Wildman–Crippen LogP) is -0.917. The monoisotopic (exact) mass is 223 g/mol. The standard InChI is InChI=1S/C10H17N5O/c1-15-7-13-14-9(15)3-5-12-10(16)8-2-4-11-6-8/h7-8,11H,2-6H2,1H3,(H,12,16). The van der Waals surface area contributed by atoms with Crippen molar-refractivity contribution < 1.29 is 4.79 Å². The van der Waals surface area contributed by atoms with E-state index in [2.05, 4.69) is 20.8 Å². The van der Waals surface area contributed by atoms with Gasteiger partial charge in [0.25, 0.3) is 0 Å². The molecule has 88 valence electrons. The Kier molecular flexibility index (Phi) is 3.51. The van der Waals surface area contributed by atoms with Crippen LogP contribution in [-0.4, -0.2) is 40.3 Å². The number of aromatic nitrogens is 3. The summed E-state index contributed by atoms with van der Waals surface area (Å²) >= 11 is 0. The molecule has 0 aliphatic carbocycles. The largest absolute Gasteiger partial charge is 0.355 e. The van der Waals surface area contributed by atoms with Gasteiger partial charge in [0, 0.05) is 26.6 Å². The van der Waals surface area contributed by atoms with E-state index < -0.39 is 0 Å². The summed E-state index contributed by atoms with van der Waals surface area (Å²) in [6, 6.07) is 0. The van der Waals surface area contributed by atoms with Crippen LogP contribution in [0.2, 0.25) is 0 Å². The molecule has 1 aromatic heterocycles. The summed E-state index contributed by atoms with van der Waals surface area (Å²) in [5.41, 5.74) is 0. The smallest absolute Gasteiger partial charge is 0.224 e. The zero-order chi connectivity index (χ0) is 11.4. The third-order valence-corrected chi connectivity index (χ3v) is 2.88. The van der Waals surface area contributed by atoms with Crippen molar-refractivity contribution in [2.75, 3.05) is 19.6 Å². The summed E-state index contributed by atoms with van der Waals surface area (Å²) in [6.07, 6.45) is 3.33. The number of carbonyl (C=O) groups is 1. The fourth-order valence-corrected chi connectivity index (χ4v) is 1.85. The maximum atomic E-state index is 11.7. The van der Waals surface area contributed by atoms with Crippen LogP contribution in [0.5, 0.6) is 0 Å². The van der Waals surface area contributed by atoms with Crippen LogP contribution in [-0.2, 0) is 18.3 Å². The van der Waals surface area contributed by atoms with E-state index in [1.54, 1.807) is 6.33 Å². The molecule has 0 aromatic carbocycles. The number of aryl methyl sites for hydroxylation is 1. The van der Waals surface area contributed by atoms with Gasteiger partial charge in [-0.1, -0.05) is 0 Å². The first-order valence-electron chi connectivity index (χ1n) is 5.58. The Morgan fingerprint density at radius 1 is 1.75 bits per heavy atom. The van der Waals surface area contributed by atoms with Crippen molar-refractivity contribution in [3.8, 4) is 0 Å². The minimum atomic E-state index is 0.138. The molecule has 0 saturated carbocycles. The van der Waals surface area contributed by atoms with Gasteiger partial charge in [0.15, 0.2) is 0 Å². The van der Waals surface area contributed by atoms with Gasteiger partial charge in [-0.3, -0.25) is 4.79 Å². The van der Waals surface area contributed by atoms with Crippen LogP contribution < -0.4 is 10.6 Å². The predicted molar refractivity (Wildman–Crippen MR) is 58.7 cm³/mol. The van der Waals surface area contributed by atoms with Crippen LogP contribution in [0.3, 0.4) is 0 Å². The van der Waals surface area contributed by atoms with Gasteiger partial charge < -0.3 is 15.2 Å². The average Bonchev–Trinajstić information content (AvgIpc) is 2.90. The van der Waals surface area contributed by atoms with E-state index in [4.69, 9.17) is 0 Å². The van der Waals surface area contributed by atoms with Gasteiger partial charge in [0.2, 0.25) is 5.91 Å². The van der Waals surface area contributed by atoms with E-state index in [1.807, 2.05) is 11.6 Å². The second-order valence-corrected chi connectivity index (χ2v) is 4.09. The zero-order valence-electron chi connectivity index (χ0n) is 9.44. The first-order valence-corrected chi connectivity index (χ1v) is 5.58. The van der Waals surface area contributed by atoms with Gasteiger partial charge in [-0.25, -0.2) is 0 Å². The highest BCUT2D eigenvalue weighted by atomic mass is 16.1. The fraction of sp³-hybridized carbons (Fsp3) is 0.700. The van der Waals surface area contributed by atoms with E-state index in [0.717, 1.165) is 31.8 Å². The SMILES string of the molecule is Cn1cnnc1CCNC(=O)C1CCNC1. The molecule has 1 amide bonds. The van der Waals surface area contributed by atoms with Gasteiger partial charge in [0.05, 0.1) is 5.92 Å². The third-order valence-electron chi connectivity index (χ3n) is 2.88. The molecule has 0 bridgehead atoms. The molecule has 6 heteroatoms. The lowest BCUT2D eigenvalue weighted by atomic mass is 10.1. The average molecular weight is 223 g/mol. The van der Waals surface area contributed by atoms with Crippen LogP contribution in [0.4, 0.5) is 0 Å². The number of amides is 1. The third kappa shape index (κ3) is 2.57. The molecule has 16 heavy (non-hydrogen) atoms. The van der Waals surface area contributed by atoms with Gasteiger partial charge >= 0.3 is 0 Å². The highest BCUT2D eigenvalue weighted by Gasteiger charge is 2.21. The van der Waals surface area contributed by atoms with E-state index in [-0.39, 0.29) is 11.8 Å². The van der Waals surface area contributed by atoms with Crippen molar-refractivity contribution in [2.24, 2.45) is 13.0 Å². The normalized spacial score (nSPS) is 19.9. The van der Waals surface area contributed by atoms with Crippen molar-refractivity contribution in [1.82, 2.24) is 25.4 Å². The summed E-state index contributed by atoms with van der Waals surface area (Å²) < 4.78 is 1.86. The molecule has 1 saturated heterocycles.